The lowest BCUT2D eigenvalue weighted by atomic mass is 10.1. The first-order valence-corrected chi connectivity index (χ1v) is 7.97. The second-order valence-electron chi connectivity index (χ2n) is 5.82. The Morgan fingerprint density at radius 3 is 1.91 bits per heavy atom. The minimum absolute atomic E-state index is 0.00204. The summed E-state index contributed by atoms with van der Waals surface area (Å²) in [6.45, 7) is 4.19. The van der Waals surface area contributed by atoms with E-state index >= 15 is 0 Å². The lowest BCUT2D eigenvalue weighted by Gasteiger charge is -2.23. The minimum atomic E-state index is -0.00204. The van der Waals surface area contributed by atoms with Gasteiger partial charge in [-0.05, 0) is 18.1 Å². The number of nitrogens with two attached hydrogens (primary N) is 1. The van der Waals surface area contributed by atoms with E-state index in [1.807, 2.05) is 43.3 Å². The summed E-state index contributed by atoms with van der Waals surface area (Å²) in [5, 5.41) is 2.93. The smallest absolute Gasteiger partial charge is 0.234 e. The van der Waals surface area contributed by atoms with E-state index in [1.165, 1.54) is 11.1 Å². The predicted octanol–water partition coefficient (Wildman–Crippen LogP) is 2.15. The number of carbonyl (C=O) groups is 1. The third-order valence-corrected chi connectivity index (χ3v) is 3.63. The highest BCUT2D eigenvalue weighted by Gasteiger charge is 2.13. The zero-order valence-corrected chi connectivity index (χ0v) is 13.6. The molecule has 0 bridgehead atoms. The van der Waals surface area contributed by atoms with Crippen LogP contribution in [-0.2, 0) is 17.9 Å². The number of nitrogens with zero attached hydrogens (tertiary/aromatic N) is 1. The van der Waals surface area contributed by atoms with Gasteiger partial charge in [0.25, 0.3) is 0 Å². The first-order valence-electron chi connectivity index (χ1n) is 7.97. The third kappa shape index (κ3) is 6.22. The summed E-state index contributed by atoms with van der Waals surface area (Å²) in [5.41, 5.74) is 7.96. The average molecular weight is 311 g/mol. The number of nitrogens with one attached hydrogen (secondary N) is 1. The van der Waals surface area contributed by atoms with E-state index in [4.69, 9.17) is 5.73 Å². The topological polar surface area (TPSA) is 58.4 Å². The van der Waals surface area contributed by atoms with Gasteiger partial charge in [0, 0.05) is 25.7 Å². The number of rotatable bonds is 8. The van der Waals surface area contributed by atoms with Crippen LogP contribution in [0.25, 0.3) is 0 Å². The van der Waals surface area contributed by atoms with Crippen molar-refractivity contribution in [3.05, 3.63) is 71.8 Å². The van der Waals surface area contributed by atoms with Gasteiger partial charge in [0.15, 0.2) is 0 Å². The molecule has 0 fully saturated rings. The molecule has 0 unspecified atom stereocenters. The highest BCUT2D eigenvalue weighted by molar-refractivity contribution is 5.78. The molecule has 2 aromatic carbocycles. The summed E-state index contributed by atoms with van der Waals surface area (Å²) in [6, 6.07) is 20.4. The van der Waals surface area contributed by atoms with Crippen molar-refractivity contribution in [3.8, 4) is 0 Å². The second kappa shape index (κ2) is 9.08. The first kappa shape index (κ1) is 17.2. The summed E-state index contributed by atoms with van der Waals surface area (Å²) in [5.74, 6) is 0.00909. The van der Waals surface area contributed by atoms with E-state index in [-0.39, 0.29) is 11.9 Å². The third-order valence-electron chi connectivity index (χ3n) is 3.63. The van der Waals surface area contributed by atoms with Crippen molar-refractivity contribution in [2.75, 3.05) is 13.1 Å². The van der Waals surface area contributed by atoms with Gasteiger partial charge in [-0.1, -0.05) is 60.7 Å². The first-order chi connectivity index (χ1) is 11.2. The number of carbonyl (C=O) groups excluding carboxylic acids is 1. The van der Waals surface area contributed by atoms with Crippen molar-refractivity contribution in [3.63, 3.8) is 0 Å². The molecule has 23 heavy (non-hydrogen) atoms. The highest BCUT2D eigenvalue weighted by Crippen LogP contribution is 2.09. The number of hydrogen-bond donors (Lipinski definition) is 2. The normalized spacial score (nSPS) is 12.1. The maximum atomic E-state index is 12.2. The van der Waals surface area contributed by atoms with Crippen LogP contribution in [0.5, 0.6) is 0 Å². The van der Waals surface area contributed by atoms with Crippen molar-refractivity contribution >= 4 is 5.91 Å². The van der Waals surface area contributed by atoms with E-state index in [9.17, 15) is 4.79 Å². The molecule has 2 rings (SSSR count). The van der Waals surface area contributed by atoms with Gasteiger partial charge in [0.1, 0.15) is 0 Å². The maximum Gasteiger partial charge on any atom is 0.234 e. The Morgan fingerprint density at radius 1 is 1.00 bits per heavy atom. The monoisotopic (exact) mass is 311 g/mol. The molecule has 0 aliphatic heterocycles. The highest BCUT2D eigenvalue weighted by atomic mass is 16.2. The molecule has 0 radical (unpaired) electrons. The van der Waals surface area contributed by atoms with E-state index in [1.54, 1.807) is 0 Å². The Morgan fingerprint density at radius 2 is 1.48 bits per heavy atom. The van der Waals surface area contributed by atoms with Crippen molar-refractivity contribution in [2.45, 2.75) is 26.1 Å². The Balaban J connectivity index is 2.03. The van der Waals surface area contributed by atoms with Crippen LogP contribution < -0.4 is 11.1 Å². The SMILES string of the molecule is C[C@@H](CN)NC(=O)CN(Cc1ccccc1)Cc1ccccc1. The zero-order valence-electron chi connectivity index (χ0n) is 13.6. The van der Waals surface area contributed by atoms with Crippen LogP contribution in [0.15, 0.2) is 60.7 Å². The molecule has 0 heterocycles. The zero-order chi connectivity index (χ0) is 16.5. The molecule has 0 aliphatic rings. The van der Waals surface area contributed by atoms with Gasteiger partial charge >= 0.3 is 0 Å². The van der Waals surface area contributed by atoms with E-state index < -0.39 is 0 Å². The lowest BCUT2D eigenvalue weighted by molar-refractivity contribution is -0.123. The molecule has 4 nitrogen and oxygen atoms in total. The van der Waals surface area contributed by atoms with Crippen LogP contribution in [0.3, 0.4) is 0 Å². The van der Waals surface area contributed by atoms with Crippen molar-refractivity contribution in [1.29, 1.82) is 0 Å². The fourth-order valence-corrected chi connectivity index (χ4v) is 2.43. The molecule has 3 N–H and O–H groups in total. The van der Waals surface area contributed by atoms with Crippen LogP contribution in [0.4, 0.5) is 0 Å². The Bertz CT molecular complexity index is 545. The molecule has 0 saturated carbocycles. The van der Waals surface area contributed by atoms with Crippen LogP contribution in [-0.4, -0.2) is 29.9 Å². The molecule has 2 aromatic rings. The molecule has 0 saturated heterocycles. The number of benzene rings is 2. The molecular weight excluding hydrogens is 286 g/mol. The largest absolute Gasteiger partial charge is 0.351 e. The summed E-state index contributed by atoms with van der Waals surface area (Å²) >= 11 is 0. The maximum absolute atomic E-state index is 12.2. The quantitative estimate of drug-likeness (QED) is 0.785. The Hall–Kier alpha value is -2.17. The number of hydrogen-bond acceptors (Lipinski definition) is 3. The lowest BCUT2D eigenvalue weighted by Crippen LogP contribution is -2.43. The summed E-state index contributed by atoms with van der Waals surface area (Å²) in [4.78, 5) is 14.3. The number of amides is 1. The van der Waals surface area contributed by atoms with Gasteiger partial charge in [-0.3, -0.25) is 9.69 Å². The summed E-state index contributed by atoms with van der Waals surface area (Å²) < 4.78 is 0. The molecule has 1 amide bonds. The Kier molecular flexibility index (Phi) is 6.78. The van der Waals surface area contributed by atoms with Gasteiger partial charge in [0.2, 0.25) is 5.91 Å². The van der Waals surface area contributed by atoms with Gasteiger partial charge in [-0.15, -0.1) is 0 Å². The fourth-order valence-electron chi connectivity index (χ4n) is 2.43. The second-order valence-corrected chi connectivity index (χ2v) is 5.82. The van der Waals surface area contributed by atoms with Crippen LogP contribution in [0.2, 0.25) is 0 Å². The van der Waals surface area contributed by atoms with Gasteiger partial charge in [-0.25, -0.2) is 0 Å². The van der Waals surface area contributed by atoms with Gasteiger partial charge in [-0.2, -0.15) is 0 Å². The fraction of sp³-hybridized carbons (Fsp3) is 0.316. The minimum Gasteiger partial charge on any atom is -0.351 e. The van der Waals surface area contributed by atoms with Gasteiger partial charge in [0.05, 0.1) is 6.54 Å². The van der Waals surface area contributed by atoms with Crippen LogP contribution in [0, 0.1) is 0 Å². The molecule has 0 aliphatic carbocycles. The van der Waals surface area contributed by atoms with Crippen LogP contribution >= 0.6 is 0 Å². The average Bonchev–Trinajstić information content (AvgIpc) is 2.56. The summed E-state index contributed by atoms with van der Waals surface area (Å²) in [6.07, 6.45) is 0. The Labute approximate surface area is 138 Å². The predicted molar refractivity (Wildman–Crippen MR) is 93.7 cm³/mol. The molecule has 122 valence electrons. The molecule has 1 atom stereocenters. The van der Waals surface area contributed by atoms with Crippen molar-refractivity contribution in [2.24, 2.45) is 5.73 Å². The standard InChI is InChI=1S/C19H25N3O/c1-16(12-20)21-19(23)15-22(13-17-8-4-2-5-9-17)14-18-10-6-3-7-11-18/h2-11,16H,12-15,20H2,1H3,(H,21,23)/t16-/m0/s1. The molecular formula is C19H25N3O. The van der Waals surface area contributed by atoms with E-state index in [0.717, 1.165) is 13.1 Å². The van der Waals surface area contributed by atoms with E-state index in [2.05, 4.69) is 34.5 Å². The molecule has 4 heteroatoms. The van der Waals surface area contributed by atoms with Crippen molar-refractivity contribution < 1.29 is 4.79 Å². The molecule has 0 aromatic heterocycles. The molecule has 0 spiro atoms. The van der Waals surface area contributed by atoms with Crippen LogP contribution in [0.1, 0.15) is 18.1 Å². The van der Waals surface area contributed by atoms with E-state index in [0.29, 0.717) is 13.1 Å². The van der Waals surface area contributed by atoms with Crippen molar-refractivity contribution in [1.82, 2.24) is 10.2 Å². The summed E-state index contributed by atoms with van der Waals surface area (Å²) in [7, 11) is 0. The van der Waals surface area contributed by atoms with Gasteiger partial charge < -0.3 is 11.1 Å².